The van der Waals surface area contributed by atoms with Gasteiger partial charge in [0.1, 0.15) is 0 Å². The number of hydrogen-bond acceptors (Lipinski definition) is 2. The van der Waals surface area contributed by atoms with Crippen LogP contribution in [-0.2, 0) is 5.41 Å². The maximum absolute atomic E-state index is 5.30. The normalized spacial score (nSPS) is 12.4. The summed E-state index contributed by atoms with van der Waals surface area (Å²) in [6, 6.07) is 91.9. The Bertz CT molecular complexity index is 3470. The van der Waals surface area contributed by atoms with E-state index in [-0.39, 0.29) is 0 Å². The molecule has 0 amide bonds. The van der Waals surface area contributed by atoms with Gasteiger partial charge >= 0.3 is 0 Å². The number of nitrogens with zero attached hydrogens (tertiary/aromatic N) is 2. The lowest BCUT2D eigenvalue weighted by atomic mass is 9.67. The first-order valence-electron chi connectivity index (χ1n) is 22.3. The molecule has 0 unspecified atom stereocenters. The summed E-state index contributed by atoms with van der Waals surface area (Å²) < 4.78 is 0. The largest absolute Gasteiger partial charge is 0.228 e. The van der Waals surface area contributed by atoms with Crippen molar-refractivity contribution in [2.45, 2.75) is 5.41 Å². The van der Waals surface area contributed by atoms with Crippen molar-refractivity contribution in [2.24, 2.45) is 0 Å². The monoisotopic (exact) mass is 826 g/mol. The van der Waals surface area contributed by atoms with Gasteiger partial charge in [0.15, 0.2) is 5.82 Å². The van der Waals surface area contributed by atoms with Crippen molar-refractivity contribution in [3.8, 4) is 78.4 Å². The van der Waals surface area contributed by atoms with Crippen molar-refractivity contribution in [3.63, 3.8) is 0 Å². The molecular formula is C63H42N2. The molecule has 11 aromatic rings. The summed E-state index contributed by atoms with van der Waals surface area (Å²) in [5, 5.41) is 2.32. The number of fused-ring (bicyclic) bond motifs is 4. The molecule has 1 heterocycles. The molecule has 0 spiro atoms. The van der Waals surface area contributed by atoms with Gasteiger partial charge in [0.25, 0.3) is 0 Å². The zero-order valence-electron chi connectivity index (χ0n) is 35.6. The molecule has 2 nitrogen and oxygen atoms in total. The Morgan fingerprint density at radius 3 is 1.42 bits per heavy atom. The number of rotatable bonds is 8. The van der Waals surface area contributed by atoms with E-state index in [1.807, 2.05) is 12.1 Å². The molecule has 304 valence electrons. The fraction of sp³-hybridized carbons (Fsp3) is 0.0159. The van der Waals surface area contributed by atoms with Crippen LogP contribution in [0.4, 0.5) is 0 Å². The molecule has 0 saturated heterocycles. The summed E-state index contributed by atoms with van der Waals surface area (Å²) in [6.45, 7) is 0. The average molecular weight is 827 g/mol. The van der Waals surface area contributed by atoms with Gasteiger partial charge in [0, 0.05) is 16.7 Å². The lowest BCUT2D eigenvalue weighted by molar-refractivity contribution is 0.769. The minimum Gasteiger partial charge on any atom is -0.228 e. The number of hydrogen-bond donors (Lipinski definition) is 0. The highest BCUT2D eigenvalue weighted by atomic mass is 14.9. The van der Waals surface area contributed by atoms with Crippen LogP contribution in [0.1, 0.15) is 22.3 Å². The standard InChI is InChI=1S/C63H42N2/c1-5-18-43(19-6-1)44-32-34-46(35-33-44)62-64-60(45-20-7-2-8-21-45)42-61(65-62)57-39-38-52(53-28-13-14-29-54(53)57)49-23-17-22-47(40-49)48-36-37-56-55-30-15-16-31-58(55)63(59(56)41-48,50-24-9-3-10-25-50)51-26-11-4-12-27-51/h1-42H. The molecule has 12 rings (SSSR count). The third kappa shape index (κ3) is 6.58. The van der Waals surface area contributed by atoms with E-state index in [0.717, 1.165) is 39.0 Å². The average Bonchev–Trinajstić information content (AvgIpc) is 3.69. The SMILES string of the molecule is c1ccc(-c2ccc(-c3nc(-c4ccccc4)cc(-c4ccc(-c5cccc(-c6ccc7c(c6)C(c6ccccc6)(c6ccccc6)c6ccccc6-7)c5)c5ccccc45)n3)cc2)cc1. The summed E-state index contributed by atoms with van der Waals surface area (Å²) in [7, 11) is 0. The first-order valence-corrected chi connectivity index (χ1v) is 22.3. The summed E-state index contributed by atoms with van der Waals surface area (Å²) in [6.07, 6.45) is 0. The van der Waals surface area contributed by atoms with Crippen LogP contribution in [0.15, 0.2) is 255 Å². The number of aromatic nitrogens is 2. The van der Waals surface area contributed by atoms with Gasteiger partial charge in [0.2, 0.25) is 0 Å². The second kappa shape index (κ2) is 16.0. The van der Waals surface area contributed by atoms with Gasteiger partial charge in [-0.25, -0.2) is 9.97 Å². The van der Waals surface area contributed by atoms with E-state index in [4.69, 9.17) is 9.97 Å². The maximum Gasteiger partial charge on any atom is 0.160 e. The van der Waals surface area contributed by atoms with Crippen LogP contribution in [0.5, 0.6) is 0 Å². The van der Waals surface area contributed by atoms with Crippen molar-refractivity contribution < 1.29 is 0 Å². The Hall–Kier alpha value is -8.46. The molecule has 0 saturated carbocycles. The summed E-state index contributed by atoms with van der Waals surface area (Å²) in [5.41, 5.74) is 19.2. The van der Waals surface area contributed by atoms with E-state index in [1.54, 1.807) is 0 Å². The molecule has 0 fully saturated rings. The van der Waals surface area contributed by atoms with Gasteiger partial charge in [0.05, 0.1) is 16.8 Å². The third-order valence-electron chi connectivity index (χ3n) is 13.2. The van der Waals surface area contributed by atoms with Crippen LogP contribution in [0, 0.1) is 0 Å². The molecule has 1 aromatic heterocycles. The molecule has 0 aliphatic heterocycles. The fourth-order valence-corrected chi connectivity index (χ4v) is 10.2. The molecule has 0 bridgehead atoms. The second-order valence-electron chi connectivity index (χ2n) is 16.8. The molecular weight excluding hydrogens is 785 g/mol. The topological polar surface area (TPSA) is 25.8 Å². The van der Waals surface area contributed by atoms with Crippen LogP contribution in [0.2, 0.25) is 0 Å². The quantitative estimate of drug-likeness (QED) is 0.152. The van der Waals surface area contributed by atoms with E-state index in [0.29, 0.717) is 5.82 Å². The van der Waals surface area contributed by atoms with Crippen molar-refractivity contribution in [1.82, 2.24) is 9.97 Å². The summed E-state index contributed by atoms with van der Waals surface area (Å²) in [5.74, 6) is 0.697. The van der Waals surface area contributed by atoms with Crippen LogP contribution < -0.4 is 0 Å². The first kappa shape index (κ1) is 38.2. The third-order valence-corrected chi connectivity index (χ3v) is 13.2. The molecule has 2 heteroatoms. The highest BCUT2D eigenvalue weighted by molar-refractivity contribution is 6.05. The van der Waals surface area contributed by atoms with Gasteiger partial charge in [-0.05, 0) is 95.7 Å². The fourth-order valence-electron chi connectivity index (χ4n) is 10.2. The predicted octanol–water partition coefficient (Wildman–Crippen LogP) is 16.0. The Kier molecular flexibility index (Phi) is 9.43. The Labute approximate surface area is 379 Å². The smallest absolute Gasteiger partial charge is 0.160 e. The van der Waals surface area contributed by atoms with Crippen molar-refractivity contribution in [1.29, 1.82) is 0 Å². The van der Waals surface area contributed by atoms with Crippen LogP contribution in [0.25, 0.3) is 89.2 Å². The molecule has 0 N–H and O–H groups in total. The molecule has 0 radical (unpaired) electrons. The van der Waals surface area contributed by atoms with Gasteiger partial charge in [-0.2, -0.15) is 0 Å². The van der Waals surface area contributed by atoms with Crippen molar-refractivity contribution in [2.75, 3.05) is 0 Å². The zero-order chi connectivity index (χ0) is 43.2. The van der Waals surface area contributed by atoms with Gasteiger partial charge in [-0.1, -0.05) is 237 Å². The first-order chi connectivity index (χ1) is 32.2. The number of benzene rings is 10. The van der Waals surface area contributed by atoms with Gasteiger partial charge in [-0.15, -0.1) is 0 Å². The second-order valence-corrected chi connectivity index (χ2v) is 16.8. The van der Waals surface area contributed by atoms with Crippen molar-refractivity contribution >= 4 is 10.8 Å². The highest BCUT2D eigenvalue weighted by Crippen LogP contribution is 2.56. The molecule has 1 aliphatic carbocycles. The van der Waals surface area contributed by atoms with Gasteiger partial charge < -0.3 is 0 Å². The molecule has 1 aliphatic rings. The van der Waals surface area contributed by atoms with Crippen molar-refractivity contribution in [3.05, 3.63) is 277 Å². The van der Waals surface area contributed by atoms with E-state index < -0.39 is 5.41 Å². The van der Waals surface area contributed by atoms with E-state index in [1.165, 1.54) is 66.6 Å². The minimum absolute atomic E-state index is 0.457. The van der Waals surface area contributed by atoms with Crippen LogP contribution in [-0.4, -0.2) is 9.97 Å². The maximum atomic E-state index is 5.30. The molecule has 0 atom stereocenters. The molecule has 10 aromatic carbocycles. The zero-order valence-corrected chi connectivity index (χ0v) is 35.6. The summed E-state index contributed by atoms with van der Waals surface area (Å²) in [4.78, 5) is 10.4. The minimum atomic E-state index is -0.457. The highest BCUT2D eigenvalue weighted by Gasteiger charge is 2.46. The van der Waals surface area contributed by atoms with E-state index >= 15 is 0 Å². The van der Waals surface area contributed by atoms with Crippen LogP contribution in [0.3, 0.4) is 0 Å². The Morgan fingerprint density at radius 1 is 0.246 bits per heavy atom. The van der Waals surface area contributed by atoms with Crippen LogP contribution >= 0.6 is 0 Å². The van der Waals surface area contributed by atoms with E-state index in [9.17, 15) is 0 Å². The Morgan fingerprint density at radius 2 is 0.708 bits per heavy atom. The predicted molar refractivity (Wildman–Crippen MR) is 269 cm³/mol. The van der Waals surface area contributed by atoms with E-state index in [2.05, 4.69) is 243 Å². The van der Waals surface area contributed by atoms with Gasteiger partial charge in [-0.3, -0.25) is 0 Å². The molecule has 65 heavy (non-hydrogen) atoms. The lowest BCUT2D eigenvalue weighted by Gasteiger charge is -2.34. The summed E-state index contributed by atoms with van der Waals surface area (Å²) >= 11 is 0. The Balaban J connectivity index is 0.969. The lowest BCUT2D eigenvalue weighted by Crippen LogP contribution is -2.28.